The van der Waals surface area contributed by atoms with Crippen molar-refractivity contribution >= 4 is 17.5 Å². The number of carbonyl (C=O) groups excluding carboxylic acids is 2. The maximum Gasteiger partial charge on any atom is 0.251 e. The quantitative estimate of drug-likeness (QED) is 0.535. The molecule has 0 unspecified atom stereocenters. The van der Waals surface area contributed by atoms with E-state index in [1.54, 1.807) is 30.3 Å². The van der Waals surface area contributed by atoms with E-state index in [0.717, 1.165) is 12.8 Å². The van der Waals surface area contributed by atoms with Crippen LogP contribution in [-0.2, 0) is 4.79 Å². The largest absolute Gasteiger partial charge is 0.349 e. The Morgan fingerprint density at radius 1 is 1.13 bits per heavy atom. The van der Waals surface area contributed by atoms with Crippen molar-refractivity contribution in [2.45, 2.75) is 38.1 Å². The second kappa shape index (κ2) is 9.10. The Morgan fingerprint density at radius 3 is 2.48 bits per heavy atom. The summed E-state index contributed by atoms with van der Waals surface area (Å²) in [6.45, 7) is 4.40. The average molecular weight is 315 g/mol. The lowest BCUT2D eigenvalue weighted by molar-refractivity contribution is -0.115. The Balaban J connectivity index is 1.82. The van der Waals surface area contributed by atoms with E-state index in [2.05, 4.69) is 22.5 Å². The van der Waals surface area contributed by atoms with E-state index in [1.165, 1.54) is 19.3 Å². The molecule has 0 aliphatic heterocycles. The Labute approximate surface area is 137 Å². The van der Waals surface area contributed by atoms with Gasteiger partial charge >= 0.3 is 0 Å². The molecule has 0 radical (unpaired) electrons. The first-order chi connectivity index (χ1) is 11.2. The summed E-state index contributed by atoms with van der Waals surface area (Å²) in [6.07, 6.45) is 7.48. The van der Waals surface area contributed by atoms with Crippen LogP contribution in [0, 0.1) is 0 Å². The number of amides is 2. The van der Waals surface area contributed by atoms with Gasteiger partial charge in [-0.25, -0.2) is 0 Å². The van der Waals surface area contributed by atoms with Crippen LogP contribution >= 0.6 is 0 Å². The van der Waals surface area contributed by atoms with Crippen LogP contribution in [0.3, 0.4) is 0 Å². The molecule has 2 rings (SSSR count). The summed E-state index contributed by atoms with van der Waals surface area (Å²) in [5, 5.41) is 8.80. The highest BCUT2D eigenvalue weighted by atomic mass is 16.2. The summed E-state index contributed by atoms with van der Waals surface area (Å²) >= 11 is 0. The fourth-order valence-corrected chi connectivity index (χ4v) is 2.71. The zero-order valence-electron chi connectivity index (χ0n) is 13.4. The van der Waals surface area contributed by atoms with Gasteiger partial charge in [-0.05, 0) is 37.1 Å². The number of anilines is 1. The minimum absolute atomic E-state index is 0.0394. The number of hydrogen-bond donors (Lipinski definition) is 3. The molecule has 0 heterocycles. The molecule has 0 bridgehead atoms. The van der Waals surface area contributed by atoms with E-state index in [0.29, 0.717) is 23.8 Å². The van der Waals surface area contributed by atoms with Crippen LogP contribution in [-0.4, -0.2) is 30.9 Å². The summed E-state index contributed by atoms with van der Waals surface area (Å²) < 4.78 is 0. The summed E-state index contributed by atoms with van der Waals surface area (Å²) in [5.41, 5.74) is 1.31. The number of benzene rings is 1. The van der Waals surface area contributed by atoms with Crippen LogP contribution in [0.5, 0.6) is 0 Å². The summed E-state index contributed by atoms with van der Waals surface area (Å²) in [7, 11) is 0. The van der Waals surface area contributed by atoms with Gasteiger partial charge in [-0.3, -0.25) is 9.59 Å². The smallest absolute Gasteiger partial charge is 0.251 e. The molecule has 1 aliphatic rings. The van der Waals surface area contributed by atoms with Gasteiger partial charge in [0.1, 0.15) is 0 Å². The highest BCUT2D eigenvalue weighted by Gasteiger charge is 2.16. The van der Waals surface area contributed by atoms with E-state index < -0.39 is 0 Å². The molecular weight excluding hydrogens is 290 g/mol. The molecule has 0 spiro atoms. The predicted octanol–water partition coefficient (Wildman–Crippen LogP) is 2.46. The zero-order chi connectivity index (χ0) is 16.5. The highest BCUT2D eigenvalue weighted by Crippen LogP contribution is 2.18. The fourth-order valence-electron chi connectivity index (χ4n) is 2.71. The topological polar surface area (TPSA) is 70.2 Å². The Kier molecular flexibility index (Phi) is 6.81. The van der Waals surface area contributed by atoms with Crippen molar-refractivity contribution in [3.05, 3.63) is 42.5 Å². The summed E-state index contributed by atoms with van der Waals surface area (Å²) in [6, 6.07) is 7.28. The molecule has 2 amide bonds. The Bertz CT molecular complexity index is 534. The second-order valence-electron chi connectivity index (χ2n) is 5.85. The molecule has 1 saturated carbocycles. The van der Waals surface area contributed by atoms with Crippen molar-refractivity contribution in [3.8, 4) is 0 Å². The van der Waals surface area contributed by atoms with E-state index in [9.17, 15) is 9.59 Å². The van der Waals surface area contributed by atoms with Crippen molar-refractivity contribution < 1.29 is 9.59 Å². The van der Waals surface area contributed by atoms with Crippen LogP contribution < -0.4 is 16.0 Å². The van der Waals surface area contributed by atoms with Crippen LogP contribution in [0.4, 0.5) is 5.69 Å². The van der Waals surface area contributed by atoms with Crippen molar-refractivity contribution in [2.75, 3.05) is 18.4 Å². The van der Waals surface area contributed by atoms with E-state index in [1.807, 2.05) is 0 Å². The number of hydrogen-bond acceptors (Lipinski definition) is 3. The first-order valence-corrected chi connectivity index (χ1v) is 8.21. The molecule has 5 nitrogen and oxygen atoms in total. The molecule has 3 N–H and O–H groups in total. The van der Waals surface area contributed by atoms with E-state index in [4.69, 9.17) is 0 Å². The molecule has 0 atom stereocenters. The molecule has 1 aliphatic carbocycles. The Morgan fingerprint density at radius 2 is 1.83 bits per heavy atom. The molecule has 0 aromatic heterocycles. The lowest BCUT2D eigenvalue weighted by atomic mass is 9.95. The lowest BCUT2D eigenvalue weighted by Crippen LogP contribution is -2.36. The third-order valence-electron chi connectivity index (χ3n) is 3.95. The first-order valence-electron chi connectivity index (χ1n) is 8.21. The fraction of sp³-hybridized carbons (Fsp3) is 0.444. The van der Waals surface area contributed by atoms with Crippen molar-refractivity contribution in [2.24, 2.45) is 0 Å². The molecule has 5 heteroatoms. The number of carbonyl (C=O) groups is 2. The van der Waals surface area contributed by atoms with Gasteiger partial charge < -0.3 is 16.0 Å². The average Bonchev–Trinajstić information content (AvgIpc) is 2.56. The van der Waals surface area contributed by atoms with Crippen LogP contribution in [0.1, 0.15) is 42.5 Å². The third-order valence-corrected chi connectivity index (χ3v) is 3.95. The molecule has 0 saturated heterocycles. The van der Waals surface area contributed by atoms with E-state index in [-0.39, 0.29) is 18.4 Å². The van der Waals surface area contributed by atoms with Crippen molar-refractivity contribution in [1.29, 1.82) is 0 Å². The molecular formula is C18H25N3O2. The van der Waals surface area contributed by atoms with Gasteiger partial charge in [-0.15, -0.1) is 6.58 Å². The molecule has 1 aromatic rings. The maximum atomic E-state index is 12.2. The molecule has 23 heavy (non-hydrogen) atoms. The van der Waals surface area contributed by atoms with Gasteiger partial charge in [0.15, 0.2) is 0 Å². The minimum Gasteiger partial charge on any atom is -0.349 e. The molecule has 1 fully saturated rings. The van der Waals surface area contributed by atoms with Gasteiger partial charge in [-0.2, -0.15) is 0 Å². The van der Waals surface area contributed by atoms with Gasteiger partial charge in [0.2, 0.25) is 5.91 Å². The van der Waals surface area contributed by atoms with Gasteiger partial charge in [0.25, 0.3) is 5.91 Å². The van der Waals surface area contributed by atoms with Crippen LogP contribution in [0.2, 0.25) is 0 Å². The SMILES string of the molecule is C=CCNCC(=O)Nc1ccc(C(=O)NC2CCCCC2)cc1. The van der Waals surface area contributed by atoms with Crippen LogP contribution in [0.15, 0.2) is 36.9 Å². The minimum atomic E-state index is -0.119. The maximum absolute atomic E-state index is 12.2. The summed E-state index contributed by atoms with van der Waals surface area (Å²) in [5.74, 6) is -0.159. The molecule has 124 valence electrons. The first kappa shape index (κ1) is 17.2. The third kappa shape index (κ3) is 5.87. The second-order valence-corrected chi connectivity index (χ2v) is 5.85. The highest BCUT2D eigenvalue weighted by molar-refractivity contribution is 5.96. The molecule has 1 aromatic carbocycles. The number of nitrogens with one attached hydrogen (secondary N) is 3. The lowest BCUT2D eigenvalue weighted by Gasteiger charge is -2.22. The standard InChI is InChI=1S/C18H25N3O2/c1-2-12-19-13-17(22)20-16-10-8-14(9-11-16)18(23)21-15-6-4-3-5-7-15/h2,8-11,15,19H,1,3-7,12-13H2,(H,20,22)(H,21,23). The predicted molar refractivity (Wildman–Crippen MR) is 92.5 cm³/mol. The van der Waals surface area contributed by atoms with Gasteiger partial charge in [0.05, 0.1) is 6.54 Å². The van der Waals surface area contributed by atoms with Crippen molar-refractivity contribution in [3.63, 3.8) is 0 Å². The van der Waals surface area contributed by atoms with Crippen LogP contribution in [0.25, 0.3) is 0 Å². The monoisotopic (exact) mass is 315 g/mol. The van der Waals surface area contributed by atoms with Crippen molar-refractivity contribution in [1.82, 2.24) is 10.6 Å². The van der Waals surface area contributed by atoms with Gasteiger partial charge in [-0.1, -0.05) is 25.3 Å². The summed E-state index contributed by atoms with van der Waals surface area (Å²) in [4.78, 5) is 23.9. The van der Waals surface area contributed by atoms with E-state index >= 15 is 0 Å². The van der Waals surface area contributed by atoms with Gasteiger partial charge in [0, 0.05) is 23.8 Å². The number of rotatable bonds is 7. The zero-order valence-corrected chi connectivity index (χ0v) is 13.4. The Hall–Kier alpha value is -2.14. The normalized spacial score (nSPS) is 15.0.